The lowest BCUT2D eigenvalue weighted by Gasteiger charge is -2.46. The van der Waals surface area contributed by atoms with Gasteiger partial charge in [-0.1, -0.05) is 13.8 Å². The van der Waals surface area contributed by atoms with Gasteiger partial charge in [-0.05, 0) is 66.1 Å². The van der Waals surface area contributed by atoms with Crippen LogP contribution in [0.5, 0.6) is 0 Å². The second kappa shape index (κ2) is 12.2. The third-order valence-electron chi connectivity index (χ3n) is 10.2. The Morgan fingerprint density at radius 1 is 1.10 bits per heavy atom. The number of carbonyl (C=O) groups excluding carboxylic acids is 2. The van der Waals surface area contributed by atoms with Gasteiger partial charge in [-0.25, -0.2) is 20.4 Å². The summed E-state index contributed by atoms with van der Waals surface area (Å²) in [6, 6.07) is 8.22. The second-order valence-electron chi connectivity index (χ2n) is 14.3. The molecule has 0 unspecified atom stereocenters. The average Bonchev–Trinajstić information content (AvgIpc) is 3.55. The zero-order chi connectivity index (χ0) is 34.0. The van der Waals surface area contributed by atoms with Gasteiger partial charge >= 0.3 is 0 Å². The summed E-state index contributed by atoms with van der Waals surface area (Å²) in [4.78, 5) is 55.7. The Balaban J connectivity index is 1.04. The first kappa shape index (κ1) is 31.8. The number of piperazine rings is 1. The van der Waals surface area contributed by atoms with E-state index in [1.54, 1.807) is 42.9 Å². The van der Waals surface area contributed by atoms with Crippen molar-refractivity contribution >= 4 is 46.5 Å². The van der Waals surface area contributed by atoms with Crippen LogP contribution in [0.4, 0.5) is 23.0 Å². The fourth-order valence-electron chi connectivity index (χ4n) is 7.60. The second-order valence-corrected chi connectivity index (χ2v) is 15.4. The number of nitrogens with one attached hydrogen (secondary N) is 2. The number of aryl methyl sites for hydroxylation is 1. The van der Waals surface area contributed by atoms with Crippen molar-refractivity contribution < 1.29 is 14.3 Å². The molecule has 1 aliphatic carbocycles. The molecule has 0 aromatic carbocycles. The Morgan fingerprint density at radius 2 is 1.94 bits per heavy atom. The van der Waals surface area contributed by atoms with Crippen LogP contribution in [-0.2, 0) is 31.2 Å². The van der Waals surface area contributed by atoms with Crippen molar-refractivity contribution in [3.63, 3.8) is 0 Å². The molecule has 4 aromatic heterocycles. The van der Waals surface area contributed by atoms with E-state index in [0.29, 0.717) is 46.1 Å². The van der Waals surface area contributed by atoms with Crippen molar-refractivity contribution in [2.45, 2.75) is 52.2 Å². The molecule has 0 spiro atoms. The number of carbonyl (C=O) groups is 2. The molecule has 4 aromatic rings. The molecule has 12 nitrogen and oxygen atoms in total. The summed E-state index contributed by atoms with van der Waals surface area (Å²) in [5, 5.41) is 4.59. The smallest absolute Gasteiger partial charge is 0.284 e. The molecule has 0 radical (unpaired) electrons. The predicted molar refractivity (Wildman–Crippen MR) is 190 cm³/mol. The zero-order valence-corrected chi connectivity index (χ0v) is 29.0. The largest absolute Gasteiger partial charge is 0.378 e. The van der Waals surface area contributed by atoms with Gasteiger partial charge in [-0.2, -0.15) is 0 Å². The predicted octanol–water partition coefficient (Wildman–Crippen LogP) is 4.16. The number of thiophene rings is 1. The number of pyridine rings is 3. The number of fused-ring (bicyclic) bond motifs is 3. The normalized spacial score (nSPS) is 20.6. The first-order valence-corrected chi connectivity index (χ1v) is 17.6. The summed E-state index contributed by atoms with van der Waals surface area (Å²) >= 11 is 1.56. The van der Waals surface area contributed by atoms with Crippen molar-refractivity contribution in [3.8, 4) is 11.1 Å². The number of hydrogen-bond acceptors (Lipinski definition) is 11. The van der Waals surface area contributed by atoms with Crippen LogP contribution in [0.25, 0.3) is 11.1 Å². The fraction of sp³-hybridized carbons (Fsp3) is 0.417. The number of nitrogens with zero attached hydrogens (tertiary/aromatic N) is 6. The van der Waals surface area contributed by atoms with Crippen LogP contribution >= 0.6 is 11.3 Å². The van der Waals surface area contributed by atoms with Crippen molar-refractivity contribution in [2.24, 2.45) is 12.5 Å². The lowest BCUT2D eigenvalue weighted by molar-refractivity contribution is -0.0691. The van der Waals surface area contributed by atoms with Gasteiger partial charge in [-0.3, -0.25) is 19.3 Å². The zero-order valence-electron chi connectivity index (χ0n) is 28.2. The van der Waals surface area contributed by atoms with Gasteiger partial charge in [0.05, 0.1) is 41.6 Å². The van der Waals surface area contributed by atoms with Gasteiger partial charge in [0, 0.05) is 62.1 Å². The average molecular weight is 681 g/mol. The molecule has 0 bridgehead atoms. The molecule has 3 aliphatic heterocycles. The third-order valence-corrected chi connectivity index (χ3v) is 11.5. The third kappa shape index (κ3) is 5.64. The highest BCUT2D eigenvalue weighted by Crippen LogP contribution is 2.45. The van der Waals surface area contributed by atoms with Crippen LogP contribution in [0, 0.1) is 5.41 Å². The SMILES string of the molecule is C[C@H]1CN(C2COC2)CCN1c1ccc(Nc2cc(-c3ccnc(N4NCc5c(sc6c5CC(C)(C)C6)C4=O)c3C=O)cn(C)c2=O)nc1. The summed E-state index contributed by atoms with van der Waals surface area (Å²) in [6.07, 6.45) is 7.73. The molecule has 1 atom stereocenters. The number of hydrazine groups is 1. The van der Waals surface area contributed by atoms with E-state index >= 15 is 0 Å². The van der Waals surface area contributed by atoms with E-state index in [4.69, 9.17) is 4.74 Å². The Hall–Kier alpha value is -4.43. The van der Waals surface area contributed by atoms with Crippen molar-refractivity contribution in [1.82, 2.24) is 24.9 Å². The van der Waals surface area contributed by atoms with Crippen molar-refractivity contribution in [2.75, 3.05) is 48.1 Å². The van der Waals surface area contributed by atoms with E-state index in [0.717, 1.165) is 63.2 Å². The monoisotopic (exact) mass is 680 g/mol. The topological polar surface area (TPSA) is 125 Å². The molecule has 0 saturated carbocycles. The Labute approximate surface area is 288 Å². The fourth-order valence-corrected chi connectivity index (χ4v) is 9.12. The van der Waals surface area contributed by atoms with Crippen LogP contribution in [0.3, 0.4) is 0 Å². The van der Waals surface area contributed by atoms with E-state index in [-0.39, 0.29) is 28.3 Å². The molecule has 8 rings (SSSR count). The van der Waals surface area contributed by atoms with Gasteiger partial charge < -0.3 is 19.5 Å². The van der Waals surface area contributed by atoms with Gasteiger partial charge in [0.15, 0.2) is 12.1 Å². The molecule has 2 fully saturated rings. The maximum atomic E-state index is 13.8. The molecule has 4 aliphatic rings. The van der Waals surface area contributed by atoms with E-state index < -0.39 is 0 Å². The minimum atomic E-state index is -0.240. The molecule has 2 N–H and O–H groups in total. The number of aromatic nitrogens is 3. The Kier molecular flexibility index (Phi) is 7.90. The van der Waals surface area contributed by atoms with E-state index in [1.807, 2.05) is 18.3 Å². The number of hydrogen-bond donors (Lipinski definition) is 2. The molecule has 254 valence electrons. The van der Waals surface area contributed by atoms with Crippen LogP contribution in [-0.4, -0.2) is 76.6 Å². The highest BCUT2D eigenvalue weighted by molar-refractivity contribution is 7.14. The molecule has 2 saturated heterocycles. The number of rotatable bonds is 7. The first-order chi connectivity index (χ1) is 23.6. The Bertz CT molecular complexity index is 2020. The highest BCUT2D eigenvalue weighted by Gasteiger charge is 2.39. The molecule has 7 heterocycles. The summed E-state index contributed by atoms with van der Waals surface area (Å²) in [7, 11) is 1.67. The number of anilines is 4. The standard InChI is InChI=1S/C36H40N8O4S/c1-21-16-42(24-19-48-20-24)9-10-43(21)23-5-6-31(38-14-23)40-29-11-22(17-41(4)34(29)46)25-7-8-37-33(28(25)18-45)44-35(47)32-27(15-39-44)26-12-36(2,3)13-30(26)49-32/h5-8,11,14,17-18,21,24,39H,9-10,12-13,15-16,19-20H2,1-4H3,(H,38,40)/t21-/m0/s1. The quantitative estimate of drug-likeness (QED) is 0.275. The molecular formula is C36H40N8O4S. The Morgan fingerprint density at radius 3 is 2.65 bits per heavy atom. The van der Waals surface area contributed by atoms with Crippen LogP contribution in [0.15, 0.2) is 47.7 Å². The summed E-state index contributed by atoms with van der Waals surface area (Å²) < 4.78 is 6.86. The maximum Gasteiger partial charge on any atom is 0.284 e. The lowest BCUT2D eigenvalue weighted by Crippen LogP contribution is -2.59. The molecule has 1 amide bonds. The van der Waals surface area contributed by atoms with Crippen LogP contribution in [0.2, 0.25) is 0 Å². The molecular weight excluding hydrogens is 641 g/mol. The minimum absolute atomic E-state index is 0.194. The van der Waals surface area contributed by atoms with E-state index in [2.05, 4.69) is 51.3 Å². The van der Waals surface area contributed by atoms with Gasteiger partial charge in [0.25, 0.3) is 11.5 Å². The van der Waals surface area contributed by atoms with Gasteiger partial charge in [-0.15, -0.1) is 11.3 Å². The number of aldehydes is 1. The van der Waals surface area contributed by atoms with Crippen LogP contribution in [0.1, 0.15) is 56.8 Å². The summed E-state index contributed by atoms with van der Waals surface area (Å²) in [5.74, 6) is 0.550. The van der Waals surface area contributed by atoms with E-state index in [1.165, 1.54) is 20.0 Å². The van der Waals surface area contributed by atoms with E-state index in [9.17, 15) is 14.4 Å². The van der Waals surface area contributed by atoms with Crippen molar-refractivity contribution in [3.05, 3.63) is 79.7 Å². The van der Waals surface area contributed by atoms with Crippen molar-refractivity contribution in [1.29, 1.82) is 0 Å². The highest BCUT2D eigenvalue weighted by atomic mass is 32.1. The summed E-state index contributed by atoms with van der Waals surface area (Å²) in [5.41, 5.74) is 8.30. The van der Waals surface area contributed by atoms with Gasteiger partial charge in [0.2, 0.25) is 0 Å². The van der Waals surface area contributed by atoms with Gasteiger partial charge in [0.1, 0.15) is 11.5 Å². The number of ether oxygens (including phenoxy) is 1. The first-order valence-electron chi connectivity index (χ1n) is 16.8. The minimum Gasteiger partial charge on any atom is -0.378 e. The lowest BCUT2D eigenvalue weighted by atomic mass is 9.90. The number of amides is 1. The molecule has 49 heavy (non-hydrogen) atoms. The summed E-state index contributed by atoms with van der Waals surface area (Å²) in [6.45, 7) is 11.7. The molecule has 13 heteroatoms. The van der Waals surface area contributed by atoms with Crippen LogP contribution < -0.4 is 26.2 Å². The maximum absolute atomic E-state index is 13.8.